The third kappa shape index (κ3) is 4.60. The van der Waals surface area contributed by atoms with Crippen LogP contribution < -0.4 is 4.74 Å². The molecular weight excluding hydrogens is 699 g/mol. The first-order chi connectivity index (χ1) is 28.3. The molecule has 0 bridgehead atoms. The number of hydrogen-bond acceptors (Lipinski definition) is 5. The highest BCUT2D eigenvalue weighted by atomic mass is 16.5. The standard InChI is InChI=1S/C52H31N3O2/c1-2-14-33(15-3-1)49-53-50(34-30-28-32(29-31-34)35-18-13-27-46-48(35)37-17-5-9-24-43(37)56-46)55-51(54-49)38-19-12-23-42-47(38)36-16-4-6-20-39(36)52(42)40-21-7-10-25-44(40)57-45-26-11-8-22-41(45)52/h1-31H. The molecule has 0 saturated carbocycles. The first-order valence-electron chi connectivity index (χ1n) is 19.2. The van der Waals surface area contributed by atoms with Gasteiger partial charge in [0.15, 0.2) is 17.5 Å². The molecule has 0 fully saturated rings. The van der Waals surface area contributed by atoms with Crippen LogP contribution in [0.5, 0.6) is 11.5 Å². The van der Waals surface area contributed by atoms with E-state index in [4.69, 9.17) is 24.1 Å². The number of aromatic nitrogens is 3. The minimum atomic E-state index is -0.593. The molecule has 57 heavy (non-hydrogen) atoms. The Balaban J connectivity index is 1.06. The molecule has 0 radical (unpaired) electrons. The predicted molar refractivity (Wildman–Crippen MR) is 226 cm³/mol. The van der Waals surface area contributed by atoms with Crippen molar-refractivity contribution in [2.24, 2.45) is 0 Å². The number of hydrogen-bond donors (Lipinski definition) is 0. The van der Waals surface area contributed by atoms with Gasteiger partial charge in [-0.3, -0.25) is 0 Å². The van der Waals surface area contributed by atoms with Crippen LogP contribution in [0, 0.1) is 0 Å². The zero-order valence-corrected chi connectivity index (χ0v) is 30.6. The third-order valence-corrected chi connectivity index (χ3v) is 11.6. The fraction of sp³-hybridized carbons (Fsp3) is 0.0192. The molecule has 0 N–H and O–H groups in total. The Morgan fingerprint density at radius 3 is 1.65 bits per heavy atom. The molecule has 1 aliphatic carbocycles. The first-order valence-corrected chi connectivity index (χ1v) is 19.2. The molecule has 5 nitrogen and oxygen atoms in total. The SMILES string of the molecule is c1ccc(-c2nc(-c3ccc(-c4cccc5oc6ccccc6c45)cc3)nc(-c3cccc4c3-c3ccccc3C43c4ccccc4Oc4ccccc43)n2)cc1. The van der Waals surface area contributed by atoms with Gasteiger partial charge in [0.1, 0.15) is 22.7 Å². The molecule has 8 aromatic carbocycles. The summed E-state index contributed by atoms with van der Waals surface area (Å²) in [5.74, 6) is 3.57. The van der Waals surface area contributed by atoms with Gasteiger partial charge < -0.3 is 9.15 Å². The molecular formula is C52H31N3O2. The normalized spacial score (nSPS) is 13.2. The van der Waals surface area contributed by atoms with Crippen LogP contribution in [0.25, 0.3) is 78.4 Å². The Morgan fingerprint density at radius 2 is 0.877 bits per heavy atom. The molecule has 12 rings (SSSR count). The lowest BCUT2D eigenvalue weighted by molar-refractivity contribution is 0.436. The van der Waals surface area contributed by atoms with Gasteiger partial charge in [-0.25, -0.2) is 15.0 Å². The van der Waals surface area contributed by atoms with Crippen LogP contribution >= 0.6 is 0 Å². The molecule has 0 saturated heterocycles. The van der Waals surface area contributed by atoms with Crippen molar-refractivity contribution in [3.8, 4) is 67.9 Å². The summed E-state index contributed by atoms with van der Waals surface area (Å²) in [6, 6.07) is 65.3. The Labute approximate surface area is 328 Å². The quantitative estimate of drug-likeness (QED) is 0.180. The third-order valence-electron chi connectivity index (χ3n) is 11.6. The van der Waals surface area contributed by atoms with Crippen molar-refractivity contribution >= 4 is 21.9 Å². The Morgan fingerprint density at radius 1 is 0.351 bits per heavy atom. The molecule has 1 aliphatic heterocycles. The van der Waals surface area contributed by atoms with Gasteiger partial charge in [0.25, 0.3) is 0 Å². The lowest BCUT2D eigenvalue weighted by atomic mass is 9.66. The summed E-state index contributed by atoms with van der Waals surface area (Å²) in [5.41, 5.74) is 13.1. The molecule has 0 amide bonds. The zero-order chi connectivity index (χ0) is 37.5. The van der Waals surface area contributed by atoms with Crippen LogP contribution in [0.2, 0.25) is 0 Å². The van der Waals surface area contributed by atoms with E-state index in [0.717, 1.165) is 83.5 Å². The van der Waals surface area contributed by atoms with E-state index in [9.17, 15) is 0 Å². The second kappa shape index (κ2) is 12.2. The minimum Gasteiger partial charge on any atom is -0.457 e. The van der Waals surface area contributed by atoms with Crippen molar-refractivity contribution in [3.63, 3.8) is 0 Å². The predicted octanol–water partition coefficient (Wildman–Crippen LogP) is 12.9. The summed E-state index contributed by atoms with van der Waals surface area (Å²) < 4.78 is 12.8. The molecule has 2 aromatic heterocycles. The van der Waals surface area contributed by atoms with E-state index < -0.39 is 5.41 Å². The van der Waals surface area contributed by atoms with Crippen LogP contribution in [0.1, 0.15) is 22.3 Å². The van der Waals surface area contributed by atoms with Gasteiger partial charge in [0.2, 0.25) is 0 Å². The van der Waals surface area contributed by atoms with E-state index in [1.54, 1.807) is 0 Å². The maximum absolute atomic E-state index is 6.57. The molecule has 3 heterocycles. The van der Waals surface area contributed by atoms with Crippen molar-refractivity contribution in [1.82, 2.24) is 15.0 Å². The lowest BCUT2D eigenvalue weighted by Gasteiger charge is -2.39. The average Bonchev–Trinajstić information content (AvgIpc) is 3.81. The highest BCUT2D eigenvalue weighted by molar-refractivity contribution is 6.12. The summed E-state index contributed by atoms with van der Waals surface area (Å²) in [7, 11) is 0. The number of benzene rings is 8. The van der Waals surface area contributed by atoms with E-state index >= 15 is 0 Å². The average molecular weight is 730 g/mol. The molecule has 2 aliphatic rings. The van der Waals surface area contributed by atoms with Crippen molar-refractivity contribution in [2.45, 2.75) is 5.41 Å². The number of para-hydroxylation sites is 3. The number of rotatable bonds is 4. The van der Waals surface area contributed by atoms with Gasteiger partial charge in [-0.05, 0) is 57.6 Å². The van der Waals surface area contributed by atoms with Crippen LogP contribution in [-0.2, 0) is 5.41 Å². The van der Waals surface area contributed by atoms with Crippen molar-refractivity contribution < 1.29 is 9.15 Å². The lowest BCUT2D eigenvalue weighted by Crippen LogP contribution is -2.32. The van der Waals surface area contributed by atoms with Crippen molar-refractivity contribution in [1.29, 1.82) is 0 Å². The number of fused-ring (bicyclic) bond motifs is 12. The maximum atomic E-state index is 6.57. The first kappa shape index (κ1) is 31.7. The molecule has 266 valence electrons. The second-order valence-corrected chi connectivity index (χ2v) is 14.6. The monoisotopic (exact) mass is 729 g/mol. The summed E-state index contributed by atoms with van der Waals surface area (Å²) in [6.45, 7) is 0. The van der Waals surface area contributed by atoms with Crippen LogP contribution in [-0.4, -0.2) is 15.0 Å². The van der Waals surface area contributed by atoms with E-state index in [-0.39, 0.29) is 0 Å². The molecule has 1 spiro atoms. The number of ether oxygens (including phenoxy) is 1. The van der Waals surface area contributed by atoms with Gasteiger partial charge in [-0.2, -0.15) is 0 Å². The molecule has 0 unspecified atom stereocenters. The Hall–Kier alpha value is -7.63. The topological polar surface area (TPSA) is 61.0 Å². The van der Waals surface area contributed by atoms with Crippen LogP contribution in [0.4, 0.5) is 0 Å². The van der Waals surface area contributed by atoms with Crippen LogP contribution in [0.15, 0.2) is 192 Å². The fourth-order valence-corrected chi connectivity index (χ4v) is 9.25. The van der Waals surface area contributed by atoms with E-state index in [1.807, 2.05) is 48.5 Å². The molecule has 0 atom stereocenters. The Kier molecular flexibility index (Phi) is 6.78. The largest absolute Gasteiger partial charge is 0.457 e. The van der Waals surface area contributed by atoms with E-state index in [0.29, 0.717) is 17.5 Å². The van der Waals surface area contributed by atoms with E-state index in [2.05, 4.69) is 140 Å². The second-order valence-electron chi connectivity index (χ2n) is 14.6. The van der Waals surface area contributed by atoms with Crippen LogP contribution in [0.3, 0.4) is 0 Å². The van der Waals surface area contributed by atoms with E-state index in [1.165, 1.54) is 11.1 Å². The minimum absolute atomic E-state index is 0.593. The van der Waals surface area contributed by atoms with Gasteiger partial charge in [-0.1, -0.05) is 164 Å². The summed E-state index contributed by atoms with van der Waals surface area (Å²) >= 11 is 0. The molecule has 5 heteroatoms. The van der Waals surface area contributed by atoms with Gasteiger partial charge in [0, 0.05) is 38.6 Å². The number of nitrogens with zero attached hydrogens (tertiary/aromatic N) is 3. The highest BCUT2D eigenvalue weighted by Crippen LogP contribution is 2.63. The van der Waals surface area contributed by atoms with Crippen molar-refractivity contribution in [3.05, 3.63) is 210 Å². The smallest absolute Gasteiger partial charge is 0.164 e. The number of furan rings is 1. The van der Waals surface area contributed by atoms with Gasteiger partial charge in [0.05, 0.1) is 5.41 Å². The summed E-state index contributed by atoms with van der Waals surface area (Å²) in [6.07, 6.45) is 0. The van der Waals surface area contributed by atoms with Crippen molar-refractivity contribution in [2.75, 3.05) is 0 Å². The molecule has 10 aromatic rings. The fourth-order valence-electron chi connectivity index (χ4n) is 9.25. The van der Waals surface area contributed by atoms with Gasteiger partial charge >= 0.3 is 0 Å². The maximum Gasteiger partial charge on any atom is 0.164 e. The highest BCUT2D eigenvalue weighted by Gasteiger charge is 2.51. The summed E-state index contributed by atoms with van der Waals surface area (Å²) in [4.78, 5) is 15.6. The zero-order valence-electron chi connectivity index (χ0n) is 30.6. The Bertz CT molecular complexity index is 3180. The summed E-state index contributed by atoms with van der Waals surface area (Å²) in [5, 5.41) is 2.22. The van der Waals surface area contributed by atoms with Gasteiger partial charge in [-0.15, -0.1) is 0 Å².